The lowest BCUT2D eigenvalue weighted by atomic mass is 10.1. The first-order chi connectivity index (χ1) is 8.31. The lowest BCUT2D eigenvalue weighted by molar-refractivity contribution is 0.638. The van der Waals surface area contributed by atoms with Gasteiger partial charge >= 0.3 is 0 Å². The van der Waals surface area contributed by atoms with Crippen molar-refractivity contribution < 1.29 is 4.39 Å². The third kappa shape index (κ3) is 1.84. The third-order valence-electron chi connectivity index (χ3n) is 3.48. The topological polar surface area (TPSA) is 30.9 Å². The maximum atomic E-state index is 13.9. The quantitative estimate of drug-likeness (QED) is 0.863. The highest BCUT2D eigenvalue weighted by Gasteiger charge is 2.26. The molecule has 3 rings (SSSR count). The summed E-state index contributed by atoms with van der Waals surface area (Å²) >= 11 is 0. The number of nitrogens with two attached hydrogens (primary N) is 1. The average Bonchev–Trinajstić information content (AvgIpc) is 3.10. The van der Waals surface area contributed by atoms with E-state index in [9.17, 15) is 4.39 Å². The van der Waals surface area contributed by atoms with Crippen LogP contribution in [0.15, 0.2) is 24.4 Å². The summed E-state index contributed by atoms with van der Waals surface area (Å²) in [4.78, 5) is 0. The fourth-order valence-electron chi connectivity index (χ4n) is 2.48. The first-order valence-corrected chi connectivity index (χ1v) is 6.29. The van der Waals surface area contributed by atoms with Crippen molar-refractivity contribution >= 4 is 10.9 Å². The Morgan fingerprint density at radius 2 is 2.18 bits per heavy atom. The first kappa shape index (κ1) is 10.8. The molecule has 1 saturated carbocycles. The number of benzene rings is 1. The third-order valence-corrected chi connectivity index (χ3v) is 3.48. The zero-order chi connectivity index (χ0) is 11.8. The van der Waals surface area contributed by atoms with E-state index in [4.69, 9.17) is 5.73 Å². The van der Waals surface area contributed by atoms with Gasteiger partial charge < -0.3 is 10.3 Å². The smallest absolute Gasteiger partial charge is 0.132 e. The van der Waals surface area contributed by atoms with E-state index < -0.39 is 0 Å². The number of aryl methyl sites for hydroxylation is 1. The number of halogens is 1. The van der Waals surface area contributed by atoms with Gasteiger partial charge in [0.15, 0.2) is 0 Å². The van der Waals surface area contributed by atoms with Gasteiger partial charge in [-0.2, -0.15) is 0 Å². The zero-order valence-corrected chi connectivity index (χ0v) is 9.82. The molecule has 0 atom stereocenters. The Kier molecular flexibility index (Phi) is 2.63. The second-order valence-electron chi connectivity index (χ2n) is 4.82. The predicted octanol–water partition coefficient (Wildman–Crippen LogP) is 3.01. The Morgan fingerprint density at radius 3 is 2.88 bits per heavy atom. The maximum absolute atomic E-state index is 13.9. The van der Waals surface area contributed by atoms with Crippen molar-refractivity contribution in [1.82, 2.24) is 4.57 Å². The second kappa shape index (κ2) is 4.15. The van der Waals surface area contributed by atoms with Gasteiger partial charge in [0.2, 0.25) is 0 Å². The Hall–Kier alpha value is -1.35. The van der Waals surface area contributed by atoms with E-state index >= 15 is 0 Å². The molecule has 0 unspecified atom stereocenters. The van der Waals surface area contributed by atoms with Gasteiger partial charge in [0.1, 0.15) is 5.82 Å². The van der Waals surface area contributed by atoms with Crippen LogP contribution in [0.25, 0.3) is 10.9 Å². The molecule has 0 radical (unpaired) electrons. The number of nitrogens with zero attached hydrogens (tertiary/aromatic N) is 1. The largest absolute Gasteiger partial charge is 0.344 e. The molecule has 0 bridgehead atoms. The van der Waals surface area contributed by atoms with E-state index in [-0.39, 0.29) is 5.82 Å². The van der Waals surface area contributed by atoms with E-state index in [1.807, 2.05) is 6.07 Å². The van der Waals surface area contributed by atoms with Crippen LogP contribution in [0.1, 0.15) is 30.9 Å². The van der Waals surface area contributed by atoms with E-state index in [1.165, 1.54) is 12.8 Å². The average molecular weight is 232 g/mol. The summed E-state index contributed by atoms with van der Waals surface area (Å²) in [6.45, 7) is 0.657. The van der Waals surface area contributed by atoms with Gasteiger partial charge in [0, 0.05) is 17.6 Å². The fraction of sp³-hybridized carbons (Fsp3) is 0.429. The molecule has 17 heavy (non-hydrogen) atoms. The fourth-order valence-corrected chi connectivity index (χ4v) is 2.48. The summed E-state index contributed by atoms with van der Waals surface area (Å²) < 4.78 is 16.2. The summed E-state index contributed by atoms with van der Waals surface area (Å²) in [5.41, 5.74) is 7.68. The molecule has 1 aliphatic rings. The van der Waals surface area contributed by atoms with Crippen molar-refractivity contribution in [2.45, 2.75) is 31.7 Å². The highest BCUT2D eigenvalue weighted by atomic mass is 19.1. The van der Waals surface area contributed by atoms with Gasteiger partial charge in [-0.1, -0.05) is 6.07 Å². The van der Waals surface area contributed by atoms with Crippen molar-refractivity contribution in [3.8, 4) is 0 Å². The lowest BCUT2D eigenvalue weighted by Gasteiger charge is -2.01. The van der Waals surface area contributed by atoms with Crippen LogP contribution in [0.3, 0.4) is 0 Å². The molecule has 0 saturated heterocycles. The Balaban J connectivity index is 2.13. The molecule has 90 valence electrons. The standard InChI is InChI=1S/C14H17FN2/c15-12-4-1-5-13-14(12)10(3-2-8-16)9-17(13)11-6-7-11/h1,4-5,9,11H,2-3,6-8,16H2. The minimum Gasteiger partial charge on any atom is -0.344 e. The molecule has 0 amide bonds. The van der Waals surface area contributed by atoms with Crippen LogP contribution in [0.2, 0.25) is 0 Å². The van der Waals surface area contributed by atoms with Gasteiger partial charge in [-0.05, 0) is 49.9 Å². The van der Waals surface area contributed by atoms with Gasteiger partial charge in [-0.3, -0.25) is 0 Å². The molecular weight excluding hydrogens is 215 g/mol. The molecule has 0 aliphatic heterocycles. The van der Waals surface area contributed by atoms with Crippen LogP contribution in [-0.2, 0) is 6.42 Å². The Bertz CT molecular complexity index is 540. The molecule has 1 aliphatic carbocycles. The van der Waals surface area contributed by atoms with Crippen molar-refractivity contribution in [3.63, 3.8) is 0 Å². The van der Waals surface area contributed by atoms with Crippen molar-refractivity contribution in [3.05, 3.63) is 35.8 Å². The number of fused-ring (bicyclic) bond motifs is 1. The summed E-state index contributed by atoms with van der Waals surface area (Å²) in [5, 5.41) is 0.799. The van der Waals surface area contributed by atoms with Crippen LogP contribution >= 0.6 is 0 Å². The monoisotopic (exact) mass is 232 g/mol. The second-order valence-corrected chi connectivity index (χ2v) is 4.82. The van der Waals surface area contributed by atoms with E-state index in [1.54, 1.807) is 12.1 Å². The minimum absolute atomic E-state index is 0.103. The van der Waals surface area contributed by atoms with Crippen molar-refractivity contribution in [2.24, 2.45) is 5.73 Å². The van der Waals surface area contributed by atoms with Crippen LogP contribution in [0.4, 0.5) is 4.39 Å². The normalized spacial score (nSPS) is 15.6. The Labute approximate surface area is 100 Å². The number of aromatic nitrogens is 1. The van der Waals surface area contributed by atoms with Gasteiger partial charge in [-0.15, -0.1) is 0 Å². The summed E-state index contributed by atoms with van der Waals surface area (Å²) in [6, 6.07) is 5.95. The molecule has 2 nitrogen and oxygen atoms in total. The van der Waals surface area contributed by atoms with Crippen molar-refractivity contribution in [1.29, 1.82) is 0 Å². The molecule has 3 heteroatoms. The summed E-state index contributed by atoms with van der Waals surface area (Å²) in [6.07, 6.45) is 6.35. The summed E-state index contributed by atoms with van der Waals surface area (Å²) in [5.74, 6) is -0.103. The number of hydrogen-bond acceptors (Lipinski definition) is 1. The summed E-state index contributed by atoms with van der Waals surface area (Å²) in [7, 11) is 0. The van der Waals surface area contributed by atoms with Gasteiger partial charge in [0.25, 0.3) is 0 Å². The van der Waals surface area contributed by atoms with Gasteiger partial charge in [0.05, 0.1) is 5.52 Å². The predicted molar refractivity (Wildman–Crippen MR) is 67.5 cm³/mol. The number of rotatable bonds is 4. The molecule has 2 aromatic rings. The molecule has 1 fully saturated rings. The van der Waals surface area contributed by atoms with Crippen molar-refractivity contribution in [2.75, 3.05) is 6.54 Å². The minimum atomic E-state index is -0.103. The van der Waals surface area contributed by atoms with Crippen LogP contribution in [0, 0.1) is 5.82 Å². The first-order valence-electron chi connectivity index (χ1n) is 6.29. The van der Waals surface area contributed by atoms with E-state index in [2.05, 4.69) is 10.8 Å². The van der Waals surface area contributed by atoms with Crippen LogP contribution < -0.4 is 5.73 Å². The van der Waals surface area contributed by atoms with Gasteiger partial charge in [-0.25, -0.2) is 4.39 Å². The molecule has 2 N–H and O–H groups in total. The van der Waals surface area contributed by atoms with E-state index in [0.717, 1.165) is 29.3 Å². The molecule has 1 heterocycles. The highest BCUT2D eigenvalue weighted by molar-refractivity contribution is 5.85. The van der Waals surface area contributed by atoms with Crippen LogP contribution in [-0.4, -0.2) is 11.1 Å². The van der Waals surface area contributed by atoms with E-state index in [0.29, 0.717) is 12.6 Å². The Morgan fingerprint density at radius 1 is 1.35 bits per heavy atom. The molecule has 1 aromatic carbocycles. The maximum Gasteiger partial charge on any atom is 0.132 e. The lowest BCUT2D eigenvalue weighted by Crippen LogP contribution is -2.00. The molecule has 0 spiro atoms. The molecular formula is C14H17FN2. The SMILES string of the molecule is NCCCc1cn(C2CC2)c2cccc(F)c12. The van der Waals surface area contributed by atoms with Crippen LogP contribution in [0.5, 0.6) is 0 Å². The number of hydrogen-bond donors (Lipinski definition) is 1. The zero-order valence-electron chi connectivity index (χ0n) is 9.82. The molecule has 1 aromatic heterocycles. The highest BCUT2D eigenvalue weighted by Crippen LogP contribution is 2.39.